The van der Waals surface area contributed by atoms with E-state index in [0.717, 1.165) is 24.0 Å². The summed E-state index contributed by atoms with van der Waals surface area (Å²) in [6.45, 7) is 4.52. The van der Waals surface area contributed by atoms with Crippen molar-refractivity contribution in [1.29, 1.82) is 0 Å². The van der Waals surface area contributed by atoms with E-state index in [-0.39, 0.29) is 0 Å². The van der Waals surface area contributed by atoms with Crippen molar-refractivity contribution in [2.75, 3.05) is 0 Å². The van der Waals surface area contributed by atoms with Gasteiger partial charge in [0.1, 0.15) is 0 Å². The zero-order chi connectivity index (χ0) is 18.7. The van der Waals surface area contributed by atoms with Gasteiger partial charge in [0.2, 0.25) is 0 Å². The lowest BCUT2D eigenvalue weighted by Crippen LogP contribution is -1.80. The van der Waals surface area contributed by atoms with Crippen molar-refractivity contribution in [1.82, 2.24) is 0 Å². The Morgan fingerprint density at radius 1 is 0.500 bits per heavy atom. The number of hydrogen-bond acceptors (Lipinski definition) is 0. The quantitative estimate of drug-likeness (QED) is 0.265. The van der Waals surface area contributed by atoms with Gasteiger partial charge in [0.25, 0.3) is 0 Å². The summed E-state index contributed by atoms with van der Waals surface area (Å²) in [6.07, 6.45) is 18.0. The molecule has 0 amide bonds. The standard InChI is InChI=1S/C26H38/c1-3-5-7-9-11-13-15-17-19-25-21-23-26(24-22-25)20-18-16-14-12-10-8-6-4-2/h21-24H,3-16H2,1-2H3. The number of benzene rings is 1. The topological polar surface area (TPSA) is 0 Å². The summed E-state index contributed by atoms with van der Waals surface area (Å²) in [5.41, 5.74) is 2.22. The van der Waals surface area contributed by atoms with Crippen LogP contribution in [0, 0.1) is 23.7 Å². The van der Waals surface area contributed by atoms with Crippen molar-refractivity contribution in [3.63, 3.8) is 0 Å². The van der Waals surface area contributed by atoms with Gasteiger partial charge >= 0.3 is 0 Å². The Bertz CT molecular complexity index is 503. The second-order valence-electron chi connectivity index (χ2n) is 7.22. The predicted octanol–water partition coefficient (Wildman–Crippen LogP) is 7.89. The van der Waals surface area contributed by atoms with Crippen LogP contribution in [0.2, 0.25) is 0 Å². The zero-order valence-corrected chi connectivity index (χ0v) is 17.2. The highest BCUT2D eigenvalue weighted by molar-refractivity contribution is 5.41. The minimum Gasteiger partial charge on any atom is -0.0979 e. The average Bonchev–Trinajstić information content (AvgIpc) is 2.67. The Hall–Kier alpha value is -1.66. The monoisotopic (exact) mass is 350 g/mol. The molecular formula is C26H38. The van der Waals surface area contributed by atoms with Crippen molar-refractivity contribution in [2.45, 2.75) is 104 Å². The molecular weight excluding hydrogens is 312 g/mol. The first kappa shape index (κ1) is 22.4. The van der Waals surface area contributed by atoms with Gasteiger partial charge in [-0.2, -0.15) is 0 Å². The van der Waals surface area contributed by atoms with Crippen molar-refractivity contribution < 1.29 is 0 Å². The lowest BCUT2D eigenvalue weighted by atomic mass is 10.1. The third-order valence-electron chi connectivity index (χ3n) is 4.66. The molecule has 0 heteroatoms. The van der Waals surface area contributed by atoms with E-state index in [4.69, 9.17) is 0 Å². The van der Waals surface area contributed by atoms with Crippen LogP contribution >= 0.6 is 0 Å². The van der Waals surface area contributed by atoms with E-state index < -0.39 is 0 Å². The van der Waals surface area contributed by atoms with Gasteiger partial charge in [-0.05, 0) is 37.1 Å². The minimum absolute atomic E-state index is 1.02. The normalized spacial score (nSPS) is 9.92. The summed E-state index contributed by atoms with van der Waals surface area (Å²) < 4.78 is 0. The molecule has 142 valence electrons. The summed E-state index contributed by atoms with van der Waals surface area (Å²) in [4.78, 5) is 0. The third-order valence-corrected chi connectivity index (χ3v) is 4.66. The lowest BCUT2D eigenvalue weighted by Gasteiger charge is -1.97. The van der Waals surface area contributed by atoms with Gasteiger partial charge < -0.3 is 0 Å². The summed E-state index contributed by atoms with van der Waals surface area (Å²) in [5, 5.41) is 0. The van der Waals surface area contributed by atoms with Crippen LogP contribution in [-0.4, -0.2) is 0 Å². The van der Waals surface area contributed by atoms with E-state index in [1.165, 1.54) is 77.0 Å². The maximum Gasteiger partial charge on any atom is 0.0246 e. The summed E-state index contributed by atoms with van der Waals surface area (Å²) >= 11 is 0. The van der Waals surface area contributed by atoms with Crippen LogP contribution in [0.3, 0.4) is 0 Å². The van der Waals surface area contributed by atoms with E-state index in [9.17, 15) is 0 Å². The number of unbranched alkanes of at least 4 members (excludes halogenated alkanes) is 12. The zero-order valence-electron chi connectivity index (χ0n) is 17.2. The molecule has 0 spiro atoms. The van der Waals surface area contributed by atoms with Crippen LogP contribution in [0.15, 0.2) is 24.3 Å². The Kier molecular flexibility index (Phi) is 14.5. The average molecular weight is 351 g/mol. The second kappa shape index (κ2) is 16.8. The lowest BCUT2D eigenvalue weighted by molar-refractivity contribution is 0.614. The maximum absolute atomic E-state index is 3.31. The molecule has 0 aliphatic carbocycles. The fourth-order valence-corrected chi connectivity index (χ4v) is 2.95. The smallest absolute Gasteiger partial charge is 0.0246 e. The second-order valence-corrected chi connectivity index (χ2v) is 7.22. The molecule has 0 nitrogen and oxygen atoms in total. The highest BCUT2D eigenvalue weighted by atomic mass is 14.0. The molecule has 1 aromatic rings. The van der Waals surface area contributed by atoms with Crippen LogP contribution < -0.4 is 0 Å². The molecule has 0 aromatic heterocycles. The van der Waals surface area contributed by atoms with E-state index in [2.05, 4.69) is 61.8 Å². The molecule has 0 bridgehead atoms. The van der Waals surface area contributed by atoms with E-state index in [1.54, 1.807) is 0 Å². The first-order chi connectivity index (χ1) is 12.9. The summed E-state index contributed by atoms with van der Waals surface area (Å²) in [7, 11) is 0. The highest BCUT2D eigenvalue weighted by Crippen LogP contribution is 2.08. The SMILES string of the molecule is CCCCCCCCC#Cc1ccc(C#CCCCCCCCC)cc1. The molecule has 0 radical (unpaired) electrons. The van der Waals surface area contributed by atoms with Crippen LogP contribution in [0.25, 0.3) is 0 Å². The van der Waals surface area contributed by atoms with Crippen LogP contribution in [0.1, 0.15) is 115 Å². The van der Waals surface area contributed by atoms with Crippen LogP contribution in [0.5, 0.6) is 0 Å². The van der Waals surface area contributed by atoms with Crippen LogP contribution in [0.4, 0.5) is 0 Å². The van der Waals surface area contributed by atoms with Crippen molar-refractivity contribution in [3.8, 4) is 23.7 Å². The predicted molar refractivity (Wildman–Crippen MR) is 116 cm³/mol. The molecule has 1 rings (SSSR count). The first-order valence-electron chi connectivity index (χ1n) is 10.9. The van der Waals surface area contributed by atoms with E-state index in [1.807, 2.05) is 0 Å². The summed E-state index contributed by atoms with van der Waals surface area (Å²) in [6, 6.07) is 8.40. The molecule has 0 saturated heterocycles. The minimum atomic E-state index is 1.02. The van der Waals surface area contributed by atoms with Crippen molar-refractivity contribution in [3.05, 3.63) is 35.4 Å². The molecule has 0 saturated carbocycles. The molecule has 0 atom stereocenters. The molecule has 0 N–H and O–H groups in total. The van der Waals surface area contributed by atoms with Gasteiger partial charge in [0.15, 0.2) is 0 Å². The van der Waals surface area contributed by atoms with Crippen LogP contribution in [-0.2, 0) is 0 Å². The fraction of sp³-hybridized carbons (Fsp3) is 0.615. The largest absolute Gasteiger partial charge is 0.0979 e. The maximum atomic E-state index is 3.31. The molecule has 1 aromatic carbocycles. The van der Waals surface area contributed by atoms with Crippen molar-refractivity contribution >= 4 is 0 Å². The fourth-order valence-electron chi connectivity index (χ4n) is 2.95. The molecule has 0 heterocycles. The Morgan fingerprint density at radius 2 is 0.846 bits per heavy atom. The van der Waals surface area contributed by atoms with Gasteiger partial charge in [0, 0.05) is 24.0 Å². The molecule has 0 fully saturated rings. The highest BCUT2D eigenvalue weighted by Gasteiger charge is 1.91. The molecule has 0 aliphatic rings. The Labute approximate surface area is 163 Å². The van der Waals surface area contributed by atoms with E-state index in [0.29, 0.717) is 0 Å². The molecule has 0 unspecified atom stereocenters. The summed E-state index contributed by atoms with van der Waals surface area (Å²) in [5.74, 6) is 13.2. The van der Waals surface area contributed by atoms with Gasteiger partial charge in [-0.1, -0.05) is 102 Å². The van der Waals surface area contributed by atoms with Gasteiger partial charge in [-0.3, -0.25) is 0 Å². The third kappa shape index (κ3) is 12.7. The van der Waals surface area contributed by atoms with Crippen molar-refractivity contribution in [2.24, 2.45) is 0 Å². The Balaban J connectivity index is 2.17. The van der Waals surface area contributed by atoms with Gasteiger partial charge in [-0.15, -0.1) is 0 Å². The Morgan fingerprint density at radius 3 is 1.23 bits per heavy atom. The molecule has 0 aliphatic heterocycles. The number of rotatable bonds is 12. The number of hydrogen-bond donors (Lipinski definition) is 0. The van der Waals surface area contributed by atoms with Gasteiger partial charge in [0.05, 0.1) is 0 Å². The van der Waals surface area contributed by atoms with Gasteiger partial charge in [-0.25, -0.2) is 0 Å². The van der Waals surface area contributed by atoms with E-state index >= 15 is 0 Å². The molecule has 26 heavy (non-hydrogen) atoms. The first-order valence-corrected chi connectivity index (χ1v) is 10.9.